The molecule has 0 saturated heterocycles. The number of carbonyl (C=O) groups excluding carboxylic acids is 1. The average Bonchev–Trinajstić information content (AvgIpc) is 2.44. The lowest BCUT2D eigenvalue weighted by molar-refractivity contribution is 0.0948. The van der Waals surface area contributed by atoms with Crippen molar-refractivity contribution >= 4 is 17.5 Å². The van der Waals surface area contributed by atoms with E-state index in [2.05, 4.69) is 5.32 Å². The van der Waals surface area contributed by atoms with Gasteiger partial charge in [-0.05, 0) is 30.7 Å². The quantitative estimate of drug-likeness (QED) is 0.934. The Hall–Kier alpha value is -2.00. The van der Waals surface area contributed by atoms with E-state index in [0.717, 1.165) is 5.56 Å². The number of hydrogen-bond donors (Lipinski definition) is 1. The van der Waals surface area contributed by atoms with Gasteiger partial charge >= 0.3 is 0 Å². The highest BCUT2D eigenvalue weighted by Crippen LogP contribution is 2.23. The van der Waals surface area contributed by atoms with Crippen molar-refractivity contribution in [2.75, 3.05) is 7.11 Å². The van der Waals surface area contributed by atoms with Gasteiger partial charge in [0.25, 0.3) is 5.91 Å². The summed E-state index contributed by atoms with van der Waals surface area (Å²) in [6.07, 6.45) is 0. The maximum Gasteiger partial charge on any atom is 0.255 e. The third kappa shape index (κ3) is 3.52. The Morgan fingerprint density at radius 2 is 2.05 bits per heavy atom. The second-order valence-corrected chi connectivity index (χ2v) is 4.95. The number of ether oxygens (including phenoxy) is 1. The van der Waals surface area contributed by atoms with Crippen molar-refractivity contribution in [1.29, 1.82) is 0 Å². The van der Waals surface area contributed by atoms with Gasteiger partial charge in [-0.25, -0.2) is 0 Å². The van der Waals surface area contributed by atoms with E-state index >= 15 is 0 Å². The highest BCUT2D eigenvalue weighted by molar-refractivity contribution is 6.30. The van der Waals surface area contributed by atoms with Gasteiger partial charge in [0.1, 0.15) is 5.75 Å². The van der Waals surface area contributed by atoms with Gasteiger partial charge in [-0.3, -0.25) is 4.79 Å². The van der Waals surface area contributed by atoms with Gasteiger partial charge in [-0.1, -0.05) is 41.4 Å². The molecule has 2 aromatic rings. The van der Waals surface area contributed by atoms with Crippen molar-refractivity contribution in [2.24, 2.45) is 0 Å². The third-order valence-electron chi connectivity index (χ3n) is 2.94. The number of aryl methyl sites for hydroxylation is 1. The zero-order chi connectivity index (χ0) is 14.5. The van der Waals surface area contributed by atoms with Crippen molar-refractivity contribution in [3.8, 4) is 5.75 Å². The van der Waals surface area contributed by atoms with Crippen LogP contribution in [0.3, 0.4) is 0 Å². The molecular weight excluding hydrogens is 274 g/mol. The fourth-order valence-electron chi connectivity index (χ4n) is 1.95. The molecule has 3 nitrogen and oxygen atoms in total. The van der Waals surface area contributed by atoms with Crippen molar-refractivity contribution in [3.05, 3.63) is 64.2 Å². The topological polar surface area (TPSA) is 38.3 Å². The normalized spacial score (nSPS) is 10.2. The Morgan fingerprint density at radius 1 is 1.25 bits per heavy atom. The first-order valence-corrected chi connectivity index (χ1v) is 6.65. The van der Waals surface area contributed by atoms with Crippen LogP contribution in [0, 0.1) is 6.92 Å². The molecule has 4 heteroatoms. The smallest absolute Gasteiger partial charge is 0.255 e. The van der Waals surface area contributed by atoms with Crippen LogP contribution in [0.2, 0.25) is 5.02 Å². The molecule has 0 atom stereocenters. The number of benzene rings is 2. The molecule has 20 heavy (non-hydrogen) atoms. The van der Waals surface area contributed by atoms with Crippen LogP contribution in [0.5, 0.6) is 5.75 Å². The number of amides is 1. The zero-order valence-corrected chi connectivity index (χ0v) is 12.2. The largest absolute Gasteiger partial charge is 0.496 e. The SMILES string of the molecule is COc1cc(Cl)ccc1C(=O)NCc1cccc(C)c1. The fourth-order valence-corrected chi connectivity index (χ4v) is 2.11. The molecule has 0 bridgehead atoms. The maximum absolute atomic E-state index is 12.2. The summed E-state index contributed by atoms with van der Waals surface area (Å²) in [4.78, 5) is 12.2. The second-order valence-electron chi connectivity index (χ2n) is 4.52. The van der Waals surface area contributed by atoms with E-state index in [1.165, 1.54) is 12.7 Å². The number of nitrogens with one attached hydrogen (secondary N) is 1. The molecule has 0 saturated carbocycles. The average molecular weight is 290 g/mol. The minimum absolute atomic E-state index is 0.181. The molecule has 0 aliphatic heterocycles. The van der Waals surface area contributed by atoms with Gasteiger partial charge in [0.15, 0.2) is 0 Å². The standard InChI is InChI=1S/C16H16ClNO2/c1-11-4-3-5-12(8-11)10-18-16(19)14-7-6-13(17)9-15(14)20-2/h3-9H,10H2,1-2H3,(H,18,19). The minimum Gasteiger partial charge on any atom is -0.496 e. The van der Waals surface area contributed by atoms with E-state index in [1.54, 1.807) is 18.2 Å². The molecular formula is C16H16ClNO2. The molecule has 0 aromatic heterocycles. The van der Waals surface area contributed by atoms with E-state index in [-0.39, 0.29) is 5.91 Å². The molecule has 0 fully saturated rings. The van der Waals surface area contributed by atoms with E-state index in [4.69, 9.17) is 16.3 Å². The summed E-state index contributed by atoms with van der Waals surface area (Å²) < 4.78 is 5.17. The van der Waals surface area contributed by atoms with Gasteiger partial charge in [-0.2, -0.15) is 0 Å². The van der Waals surface area contributed by atoms with Crippen molar-refractivity contribution in [3.63, 3.8) is 0 Å². The molecule has 0 unspecified atom stereocenters. The molecule has 2 aromatic carbocycles. The summed E-state index contributed by atoms with van der Waals surface area (Å²) in [6, 6.07) is 13.0. The Bertz CT molecular complexity index is 626. The summed E-state index contributed by atoms with van der Waals surface area (Å²) in [5.41, 5.74) is 2.71. The highest BCUT2D eigenvalue weighted by Gasteiger charge is 2.12. The van der Waals surface area contributed by atoms with Crippen LogP contribution in [0.25, 0.3) is 0 Å². The molecule has 104 valence electrons. The van der Waals surface area contributed by atoms with Gasteiger partial charge in [-0.15, -0.1) is 0 Å². The third-order valence-corrected chi connectivity index (χ3v) is 3.18. The van der Waals surface area contributed by atoms with Crippen LogP contribution >= 0.6 is 11.6 Å². The number of carbonyl (C=O) groups is 1. The van der Waals surface area contributed by atoms with E-state index in [0.29, 0.717) is 22.9 Å². The van der Waals surface area contributed by atoms with Crippen molar-refractivity contribution in [2.45, 2.75) is 13.5 Å². The maximum atomic E-state index is 12.2. The van der Waals surface area contributed by atoms with Crippen LogP contribution in [-0.4, -0.2) is 13.0 Å². The lowest BCUT2D eigenvalue weighted by Crippen LogP contribution is -2.23. The highest BCUT2D eigenvalue weighted by atomic mass is 35.5. The molecule has 0 spiro atoms. The molecule has 0 aliphatic rings. The number of rotatable bonds is 4. The summed E-state index contributed by atoms with van der Waals surface area (Å²) in [7, 11) is 1.52. The van der Waals surface area contributed by atoms with Crippen LogP contribution in [-0.2, 0) is 6.54 Å². The summed E-state index contributed by atoms with van der Waals surface area (Å²) in [6.45, 7) is 2.50. The van der Waals surface area contributed by atoms with Gasteiger partial charge in [0.2, 0.25) is 0 Å². The predicted octanol–water partition coefficient (Wildman–Crippen LogP) is 3.59. The predicted molar refractivity (Wildman–Crippen MR) is 80.4 cm³/mol. The Morgan fingerprint density at radius 3 is 2.75 bits per heavy atom. The summed E-state index contributed by atoms with van der Waals surface area (Å²) in [5.74, 6) is 0.291. The minimum atomic E-state index is -0.181. The van der Waals surface area contributed by atoms with Crippen LogP contribution in [0.4, 0.5) is 0 Å². The lowest BCUT2D eigenvalue weighted by Gasteiger charge is -2.10. The van der Waals surface area contributed by atoms with Gasteiger partial charge < -0.3 is 10.1 Å². The molecule has 0 radical (unpaired) electrons. The first kappa shape index (κ1) is 14.4. The number of halogens is 1. The Labute approximate surface area is 123 Å². The van der Waals surface area contributed by atoms with Crippen LogP contribution in [0.15, 0.2) is 42.5 Å². The monoisotopic (exact) mass is 289 g/mol. The number of hydrogen-bond acceptors (Lipinski definition) is 2. The van der Waals surface area contributed by atoms with E-state index in [1.807, 2.05) is 31.2 Å². The fraction of sp³-hybridized carbons (Fsp3) is 0.188. The van der Waals surface area contributed by atoms with Crippen LogP contribution < -0.4 is 10.1 Å². The molecule has 0 heterocycles. The van der Waals surface area contributed by atoms with Crippen molar-refractivity contribution < 1.29 is 9.53 Å². The Kier molecular flexibility index (Phi) is 4.64. The summed E-state index contributed by atoms with van der Waals surface area (Å²) in [5, 5.41) is 3.41. The Balaban J connectivity index is 2.09. The number of methoxy groups -OCH3 is 1. The second kappa shape index (κ2) is 6.44. The van der Waals surface area contributed by atoms with Gasteiger partial charge in [0.05, 0.1) is 12.7 Å². The van der Waals surface area contributed by atoms with E-state index < -0.39 is 0 Å². The first-order valence-electron chi connectivity index (χ1n) is 6.27. The van der Waals surface area contributed by atoms with Crippen molar-refractivity contribution in [1.82, 2.24) is 5.32 Å². The van der Waals surface area contributed by atoms with Crippen LogP contribution in [0.1, 0.15) is 21.5 Å². The molecule has 2 rings (SSSR count). The van der Waals surface area contributed by atoms with Gasteiger partial charge in [0, 0.05) is 11.6 Å². The molecule has 1 amide bonds. The molecule has 0 aliphatic carbocycles. The first-order chi connectivity index (χ1) is 9.60. The summed E-state index contributed by atoms with van der Waals surface area (Å²) >= 11 is 5.88. The zero-order valence-electron chi connectivity index (χ0n) is 11.4. The molecule has 1 N–H and O–H groups in total. The lowest BCUT2D eigenvalue weighted by atomic mass is 10.1. The van der Waals surface area contributed by atoms with E-state index in [9.17, 15) is 4.79 Å².